The second-order valence-corrected chi connectivity index (χ2v) is 8.30. The highest BCUT2D eigenvalue weighted by Gasteiger charge is 2.32. The normalized spacial score (nSPS) is 17.9. The Morgan fingerprint density at radius 1 is 1.12 bits per heavy atom. The maximum atomic E-state index is 12.2. The SMILES string of the molecule is COc1ccc(CN(c2c([N+](=O)[O-])cnc3ccc(OC)cc23)[C@H]2CCO[C@@H](C)C2)c(OC)c1. The molecule has 0 saturated carbocycles. The van der Waals surface area contributed by atoms with Gasteiger partial charge in [-0.3, -0.25) is 10.1 Å². The maximum absolute atomic E-state index is 12.2. The minimum Gasteiger partial charge on any atom is -0.497 e. The molecule has 0 bridgehead atoms. The van der Waals surface area contributed by atoms with Gasteiger partial charge in [0.1, 0.15) is 29.1 Å². The largest absolute Gasteiger partial charge is 0.497 e. The van der Waals surface area contributed by atoms with Crippen molar-refractivity contribution < 1.29 is 23.9 Å². The monoisotopic (exact) mass is 467 g/mol. The third-order valence-corrected chi connectivity index (χ3v) is 6.24. The van der Waals surface area contributed by atoms with Crippen LogP contribution < -0.4 is 19.1 Å². The number of benzene rings is 2. The van der Waals surface area contributed by atoms with Crippen molar-refractivity contribution in [3.05, 3.63) is 58.3 Å². The molecule has 9 heteroatoms. The molecule has 0 unspecified atom stereocenters. The lowest BCUT2D eigenvalue weighted by Gasteiger charge is -2.38. The number of nitro groups is 1. The van der Waals surface area contributed by atoms with Gasteiger partial charge in [0.25, 0.3) is 0 Å². The second-order valence-electron chi connectivity index (χ2n) is 8.30. The zero-order valence-electron chi connectivity index (χ0n) is 19.8. The van der Waals surface area contributed by atoms with Gasteiger partial charge >= 0.3 is 5.69 Å². The summed E-state index contributed by atoms with van der Waals surface area (Å²) in [4.78, 5) is 18.3. The highest BCUT2D eigenvalue weighted by Crippen LogP contribution is 2.41. The molecular weight excluding hydrogens is 438 g/mol. The highest BCUT2D eigenvalue weighted by molar-refractivity contribution is 5.97. The first kappa shape index (κ1) is 23.6. The van der Waals surface area contributed by atoms with Gasteiger partial charge in [-0.15, -0.1) is 0 Å². The van der Waals surface area contributed by atoms with Gasteiger partial charge in [0.15, 0.2) is 0 Å². The van der Waals surface area contributed by atoms with Crippen LogP contribution in [0.4, 0.5) is 11.4 Å². The Morgan fingerprint density at radius 2 is 1.85 bits per heavy atom. The lowest BCUT2D eigenvalue weighted by Crippen LogP contribution is -2.42. The number of ether oxygens (including phenoxy) is 4. The molecule has 0 amide bonds. The van der Waals surface area contributed by atoms with Crippen LogP contribution in [0, 0.1) is 10.1 Å². The van der Waals surface area contributed by atoms with Crippen LogP contribution in [0.25, 0.3) is 10.9 Å². The van der Waals surface area contributed by atoms with Gasteiger partial charge < -0.3 is 23.8 Å². The molecule has 2 aromatic carbocycles. The first-order chi connectivity index (χ1) is 16.4. The van der Waals surface area contributed by atoms with Crippen molar-refractivity contribution in [3.8, 4) is 17.2 Å². The smallest absolute Gasteiger partial charge is 0.311 e. The summed E-state index contributed by atoms with van der Waals surface area (Å²) in [6, 6.07) is 11.1. The summed E-state index contributed by atoms with van der Waals surface area (Å²) in [5.74, 6) is 1.94. The fourth-order valence-corrected chi connectivity index (χ4v) is 4.52. The number of anilines is 1. The summed E-state index contributed by atoms with van der Waals surface area (Å²) in [6.45, 7) is 3.02. The third kappa shape index (κ3) is 4.70. The van der Waals surface area contributed by atoms with E-state index in [-0.39, 0.29) is 22.8 Å². The first-order valence-electron chi connectivity index (χ1n) is 11.2. The summed E-state index contributed by atoms with van der Waals surface area (Å²) in [5, 5.41) is 12.8. The number of nitrogens with zero attached hydrogens (tertiary/aromatic N) is 3. The summed E-state index contributed by atoms with van der Waals surface area (Å²) in [7, 11) is 4.78. The van der Waals surface area contributed by atoms with Gasteiger partial charge in [0.05, 0.1) is 37.9 Å². The zero-order valence-corrected chi connectivity index (χ0v) is 19.8. The minimum atomic E-state index is -0.373. The van der Waals surface area contributed by atoms with Crippen molar-refractivity contribution in [2.45, 2.75) is 38.5 Å². The predicted molar refractivity (Wildman–Crippen MR) is 129 cm³/mol. The Bertz CT molecular complexity index is 1180. The van der Waals surface area contributed by atoms with E-state index in [9.17, 15) is 10.1 Å². The summed E-state index contributed by atoms with van der Waals surface area (Å²) in [5.41, 5.74) is 2.02. The summed E-state index contributed by atoms with van der Waals surface area (Å²) < 4.78 is 22.2. The average Bonchev–Trinajstić information content (AvgIpc) is 2.86. The van der Waals surface area contributed by atoms with E-state index in [4.69, 9.17) is 18.9 Å². The highest BCUT2D eigenvalue weighted by atomic mass is 16.6. The molecule has 1 fully saturated rings. The number of hydrogen-bond acceptors (Lipinski definition) is 8. The number of pyridine rings is 1. The van der Waals surface area contributed by atoms with Gasteiger partial charge in [-0.1, -0.05) is 0 Å². The van der Waals surface area contributed by atoms with Crippen LogP contribution in [-0.2, 0) is 11.3 Å². The molecule has 1 aromatic heterocycles. The van der Waals surface area contributed by atoms with Crippen LogP contribution in [0.1, 0.15) is 25.3 Å². The number of methoxy groups -OCH3 is 3. The Labute approximate surface area is 198 Å². The zero-order chi connectivity index (χ0) is 24.2. The number of rotatable bonds is 8. The fraction of sp³-hybridized carbons (Fsp3) is 0.400. The first-order valence-corrected chi connectivity index (χ1v) is 11.2. The van der Waals surface area contributed by atoms with E-state index in [0.717, 1.165) is 18.4 Å². The van der Waals surface area contributed by atoms with Crippen LogP contribution in [0.3, 0.4) is 0 Å². The van der Waals surface area contributed by atoms with Gasteiger partial charge in [0.2, 0.25) is 0 Å². The molecule has 0 spiro atoms. The van der Waals surface area contributed by atoms with E-state index in [1.165, 1.54) is 6.20 Å². The van der Waals surface area contributed by atoms with Gasteiger partial charge in [-0.25, -0.2) is 4.98 Å². The minimum absolute atomic E-state index is 0.0195. The van der Waals surface area contributed by atoms with Crippen molar-refractivity contribution in [1.29, 1.82) is 0 Å². The van der Waals surface area contributed by atoms with Crippen LogP contribution in [-0.4, -0.2) is 50.0 Å². The fourth-order valence-electron chi connectivity index (χ4n) is 4.52. The Hall–Kier alpha value is -3.59. The topological polar surface area (TPSA) is 96.2 Å². The standard InChI is InChI=1S/C25H29N3O6/c1-16-11-18(9-10-34-16)27(15-17-5-6-20(32-3)13-24(17)33-4)25-21-12-19(31-2)7-8-22(21)26-14-23(25)28(29)30/h5-8,12-14,16,18H,9-11,15H2,1-4H3/t16-,18-/m0/s1. The van der Waals surface area contributed by atoms with E-state index < -0.39 is 0 Å². The van der Waals surface area contributed by atoms with E-state index in [1.54, 1.807) is 27.4 Å². The van der Waals surface area contributed by atoms with Crippen molar-refractivity contribution in [3.63, 3.8) is 0 Å². The van der Waals surface area contributed by atoms with Gasteiger partial charge in [-0.2, -0.15) is 0 Å². The van der Waals surface area contributed by atoms with Gasteiger partial charge in [-0.05, 0) is 50.1 Å². The molecule has 4 rings (SSSR count). The Balaban J connectivity index is 1.92. The molecule has 180 valence electrons. The lowest BCUT2D eigenvalue weighted by atomic mass is 9.99. The molecular formula is C25H29N3O6. The van der Waals surface area contributed by atoms with Crippen LogP contribution in [0.5, 0.6) is 17.2 Å². The van der Waals surface area contributed by atoms with E-state index in [2.05, 4.69) is 9.88 Å². The Kier molecular flexibility index (Phi) is 7.02. The molecule has 34 heavy (non-hydrogen) atoms. The van der Waals surface area contributed by atoms with E-state index in [1.807, 2.05) is 37.3 Å². The molecule has 1 aliphatic heterocycles. The predicted octanol–water partition coefficient (Wildman–Crippen LogP) is 4.74. The van der Waals surface area contributed by atoms with Crippen molar-refractivity contribution in [1.82, 2.24) is 4.98 Å². The quantitative estimate of drug-likeness (QED) is 0.346. The van der Waals surface area contributed by atoms with Crippen molar-refractivity contribution in [2.24, 2.45) is 0 Å². The number of aromatic nitrogens is 1. The molecule has 1 saturated heterocycles. The number of fused-ring (bicyclic) bond motifs is 1. The molecule has 2 atom stereocenters. The molecule has 0 aliphatic carbocycles. The van der Waals surface area contributed by atoms with E-state index >= 15 is 0 Å². The molecule has 0 N–H and O–H groups in total. The maximum Gasteiger partial charge on any atom is 0.311 e. The lowest BCUT2D eigenvalue weighted by molar-refractivity contribution is -0.384. The average molecular weight is 468 g/mol. The summed E-state index contributed by atoms with van der Waals surface area (Å²) in [6.07, 6.45) is 2.86. The molecule has 9 nitrogen and oxygen atoms in total. The molecule has 0 radical (unpaired) electrons. The van der Waals surface area contributed by atoms with Crippen LogP contribution in [0.15, 0.2) is 42.6 Å². The van der Waals surface area contributed by atoms with Crippen molar-refractivity contribution >= 4 is 22.3 Å². The second kappa shape index (κ2) is 10.1. The van der Waals surface area contributed by atoms with Gasteiger partial charge in [0, 0.05) is 36.2 Å². The summed E-state index contributed by atoms with van der Waals surface area (Å²) >= 11 is 0. The van der Waals surface area contributed by atoms with Crippen LogP contribution in [0.2, 0.25) is 0 Å². The Morgan fingerprint density at radius 3 is 2.53 bits per heavy atom. The third-order valence-electron chi connectivity index (χ3n) is 6.24. The van der Waals surface area contributed by atoms with Crippen LogP contribution >= 0.6 is 0 Å². The number of hydrogen-bond donors (Lipinski definition) is 0. The van der Waals surface area contributed by atoms with Crippen molar-refractivity contribution in [2.75, 3.05) is 32.8 Å². The molecule has 1 aliphatic rings. The molecule has 3 aromatic rings. The van der Waals surface area contributed by atoms with E-state index in [0.29, 0.717) is 47.0 Å². The molecule has 2 heterocycles.